The fourth-order valence-corrected chi connectivity index (χ4v) is 4.71. The molecule has 5 nitrogen and oxygen atoms in total. The second-order valence-corrected chi connectivity index (χ2v) is 8.65. The number of nitrogens with one attached hydrogen (secondary N) is 2. The van der Waals surface area contributed by atoms with E-state index in [0.717, 1.165) is 17.4 Å². The highest BCUT2D eigenvalue weighted by Gasteiger charge is 2.22. The van der Waals surface area contributed by atoms with E-state index in [2.05, 4.69) is 10.0 Å². The van der Waals surface area contributed by atoms with E-state index in [1.807, 2.05) is 0 Å². The van der Waals surface area contributed by atoms with Crippen molar-refractivity contribution in [2.24, 2.45) is 0 Å². The number of benzene rings is 2. The van der Waals surface area contributed by atoms with E-state index in [0.29, 0.717) is 16.3 Å². The van der Waals surface area contributed by atoms with Gasteiger partial charge in [-0.2, -0.15) is 0 Å². The van der Waals surface area contributed by atoms with Gasteiger partial charge in [-0.3, -0.25) is 9.52 Å². The summed E-state index contributed by atoms with van der Waals surface area (Å²) in [6, 6.07) is 11.6. The molecule has 0 aliphatic carbocycles. The lowest BCUT2D eigenvalue weighted by atomic mass is 10.2. The number of rotatable bonds is 5. The van der Waals surface area contributed by atoms with E-state index in [1.54, 1.807) is 36.6 Å². The molecule has 0 aliphatic rings. The number of anilines is 2. The van der Waals surface area contributed by atoms with Crippen molar-refractivity contribution in [1.29, 1.82) is 0 Å². The van der Waals surface area contributed by atoms with Crippen molar-refractivity contribution in [2.75, 3.05) is 10.0 Å². The maximum absolute atomic E-state index is 13.5. The molecule has 0 saturated carbocycles. The van der Waals surface area contributed by atoms with Crippen LogP contribution in [0.4, 0.5) is 15.8 Å². The van der Waals surface area contributed by atoms with Gasteiger partial charge in [-0.05, 0) is 54.3 Å². The van der Waals surface area contributed by atoms with Gasteiger partial charge in [-0.1, -0.05) is 23.7 Å². The minimum absolute atomic E-state index is 0.114. The summed E-state index contributed by atoms with van der Waals surface area (Å²) in [5.74, 6) is -1.15. The number of aryl methyl sites for hydroxylation is 1. The number of hydrogen-bond donors (Lipinski definition) is 2. The smallest absolute Gasteiger partial charge is 0.267 e. The highest BCUT2D eigenvalue weighted by molar-refractivity contribution is 7.92. The van der Waals surface area contributed by atoms with Crippen molar-refractivity contribution >= 4 is 50.2 Å². The number of halogens is 2. The van der Waals surface area contributed by atoms with E-state index in [-0.39, 0.29) is 15.5 Å². The van der Waals surface area contributed by atoms with Gasteiger partial charge >= 0.3 is 0 Å². The van der Waals surface area contributed by atoms with Gasteiger partial charge in [-0.15, -0.1) is 11.3 Å². The Morgan fingerprint density at radius 2 is 1.93 bits per heavy atom. The third-order valence-electron chi connectivity index (χ3n) is 3.64. The second-order valence-electron chi connectivity index (χ2n) is 5.64. The number of hydrogen-bond acceptors (Lipinski definition) is 4. The van der Waals surface area contributed by atoms with Crippen molar-refractivity contribution in [1.82, 2.24) is 0 Å². The van der Waals surface area contributed by atoms with Gasteiger partial charge in [0.15, 0.2) is 0 Å². The summed E-state index contributed by atoms with van der Waals surface area (Å²) in [7, 11) is -4.06. The molecule has 1 heterocycles. The average molecular weight is 425 g/mol. The molecule has 0 atom stereocenters. The van der Waals surface area contributed by atoms with E-state index in [1.165, 1.54) is 18.2 Å². The molecule has 2 N–H and O–H groups in total. The molecule has 9 heteroatoms. The lowest BCUT2D eigenvalue weighted by Gasteiger charge is -2.11. The van der Waals surface area contributed by atoms with Crippen molar-refractivity contribution in [3.05, 3.63) is 75.2 Å². The molecule has 140 valence electrons. The van der Waals surface area contributed by atoms with Crippen LogP contribution in [0.25, 0.3) is 0 Å². The molecule has 1 amide bonds. The van der Waals surface area contributed by atoms with E-state index < -0.39 is 21.7 Å². The van der Waals surface area contributed by atoms with Crippen molar-refractivity contribution < 1.29 is 17.6 Å². The topological polar surface area (TPSA) is 75.3 Å². The first kappa shape index (κ1) is 19.3. The van der Waals surface area contributed by atoms with Crippen LogP contribution >= 0.6 is 22.9 Å². The van der Waals surface area contributed by atoms with E-state index in [4.69, 9.17) is 11.6 Å². The highest BCUT2D eigenvalue weighted by Crippen LogP contribution is 2.28. The van der Waals surface area contributed by atoms with Gasteiger partial charge in [0.05, 0.1) is 10.6 Å². The van der Waals surface area contributed by atoms with Crippen LogP contribution in [0, 0.1) is 12.7 Å². The molecule has 0 unspecified atom stereocenters. The van der Waals surface area contributed by atoms with Crippen LogP contribution in [0.2, 0.25) is 5.02 Å². The average Bonchev–Trinajstić information content (AvgIpc) is 3.04. The Balaban J connectivity index is 1.86. The molecule has 3 rings (SSSR count). The Kier molecular flexibility index (Phi) is 5.50. The zero-order valence-corrected chi connectivity index (χ0v) is 16.4. The summed E-state index contributed by atoms with van der Waals surface area (Å²) in [6.07, 6.45) is 0. The first-order valence-corrected chi connectivity index (χ1v) is 10.4. The Hall–Kier alpha value is -2.42. The Morgan fingerprint density at radius 3 is 2.67 bits per heavy atom. The molecule has 0 radical (unpaired) electrons. The number of carbonyl (C=O) groups is 1. The molecule has 0 fully saturated rings. The molecule has 0 spiro atoms. The van der Waals surface area contributed by atoms with E-state index >= 15 is 0 Å². The monoisotopic (exact) mass is 424 g/mol. The molecule has 2 aromatic carbocycles. The number of thiophene rings is 1. The predicted octanol–water partition coefficient (Wildman–Crippen LogP) is 4.90. The Bertz CT molecular complexity index is 1110. The standard InChI is InChI=1S/C18H14ClFN2O3S2/c1-11-5-6-13(20)10-16(11)27(24,25)22-15-7-8-26-17(15)18(23)21-14-4-2-3-12(19)9-14/h2-10,22H,1H3,(H,21,23). The van der Waals surface area contributed by atoms with Crippen LogP contribution < -0.4 is 10.0 Å². The van der Waals surface area contributed by atoms with Gasteiger partial charge in [0.25, 0.3) is 15.9 Å². The molecule has 0 bridgehead atoms. The third kappa shape index (κ3) is 4.47. The van der Waals surface area contributed by atoms with Gasteiger partial charge in [0.2, 0.25) is 0 Å². The number of carbonyl (C=O) groups excluding carboxylic acids is 1. The van der Waals surface area contributed by atoms with E-state index in [9.17, 15) is 17.6 Å². The van der Waals surface area contributed by atoms with Gasteiger partial charge < -0.3 is 5.32 Å². The van der Waals surface area contributed by atoms with Crippen molar-refractivity contribution in [3.63, 3.8) is 0 Å². The fourth-order valence-electron chi connectivity index (χ4n) is 2.38. The van der Waals surface area contributed by atoms with Crippen LogP contribution in [-0.2, 0) is 10.0 Å². The van der Waals surface area contributed by atoms with Gasteiger partial charge in [0.1, 0.15) is 10.7 Å². The molecule has 1 aromatic heterocycles. The SMILES string of the molecule is Cc1ccc(F)cc1S(=O)(=O)Nc1ccsc1C(=O)Nc1cccc(Cl)c1. The zero-order valence-electron chi connectivity index (χ0n) is 14.0. The molecule has 0 saturated heterocycles. The Morgan fingerprint density at radius 1 is 1.15 bits per heavy atom. The minimum Gasteiger partial charge on any atom is -0.321 e. The Labute approximate surface area is 164 Å². The molecular formula is C18H14ClFN2O3S2. The molecule has 0 aliphatic heterocycles. The van der Waals surface area contributed by atoms with Crippen molar-refractivity contribution in [3.8, 4) is 0 Å². The van der Waals surface area contributed by atoms with Crippen LogP contribution in [0.5, 0.6) is 0 Å². The lowest BCUT2D eigenvalue weighted by Crippen LogP contribution is -2.18. The largest absolute Gasteiger partial charge is 0.321 e. The highest BCUT2D eigenvalue weighted by atomic mass is 35.5. The van der Waals surface area contributed by atoms with Gasteiger partial charge in [0, 0.05) is 10.7 Å². The lowest BCUT2D eigenvalue weighted by molar-refractivity contribution is 0.103. The minimum atomic E-state index is -4.06. The number of sulfonamides is 1. The number of amides is 1. The molecule has 3 aromatic rings. The summed E-state index contributed by atoms with van der Waals surface area (Å²) in [4.78, 5) is 12.5. The van der Waals surface area contributed by atoms with Crippen LogP contribution in [0.1, 0.15) is 15.2 Å². The molecular weight excluding hydrogens is 411 g/mol. The third-order valence-corrected chi connectivity index (χ3v) is 6.29. The van der Waals surface area contributed by atoms with Crippen molar-refractivity contribution in [2.45, 2.75) is 11.8 Å². The first-order chi connectivity index (χ1) is 12.8. The summed E-state index contributed by atoms with van der Waals surface area (Å²) in [6.45, 7) is 1.56. The van der Waals surface area contributed by atoms with Crippen LogP contribution in [0.3, 0.4) is 0 Å². The van der Waals surface area contributed by atoms with Crippen LogP contribution in [-0.4, -0.2) is 14.3 Å². The summed E-state index contributed by atoms with van der Waals surface area (Å²) in [5, 5.41) is 4.71. The summed E-state index contributed by atoms with van der Waals surface area (Å²) >= 11 is 6.97. The predicted molar refractivity (Wildman–Crippen MR) is 106 cm³/mol. The van der Waals surface area contributed by atoms with Gasteiger partial charge in [-0.25, -0.2) is 12.8 Å². The van der Waals surface area contributed by atoms with Crippen LogP contribution in [0.15, 0.2) is 58.8 Å². The molecule has 27 heavy (non-hydrogen) atoms. The normalized spacial score (nSPS) is 11.2. The summed E-state index contributed by atoms with van der Waals surface area (Å²) in [5.41, 5.74) is 0.989. The maximum Gasteiger partial charge on any atom is 0.267 e. The quantitative estimate of drug-likeness (QED) is 0.611. The maximum atomic E-state index is 13.5. The fraction of sp³-hybridized carbons (Fsp3) is 0.0556. The zero-order chi connectivity index (χ0) is 19.6. The second kappa shape index (κ2) is 7.67. The summed E-state index contributed by atoms with van der Waals surface area (Å²) < 4.78 is 41.1. The first-order valence-electron chi connectivity index (χ1n) is 7.69.